The first-order valence-corrected chi connectivity index (χ1v) is 6.12. The topological polar surface area (TPSA) is 91.4 Å². The van der Waals surface area contributed by atoms with Gasteiger partial charge in [-0.3, -0.25) is 9.69 Å². The van der Waals surface area contributed by atoms with Crippen molar-refractivity contribution in [3.63, 3.8) is 0 Å². The molecule has 0 spiro atoms. The van der Waals surface area contributed by atoms with Crippen molar-refractivity contribution in [3.8, 4) is 0 Å². The SMILES string of the molecule is CCC(C(N)=NO)N1CCN(C(=O)COC)CC1. The smallest absolute Gasteiger partial charge is 0.248 e. The van der Waals surface area contributed by atoms with Gasteiger partial charge in [0.05, 0.1) is 6.04 Å². The van der Waals surface area contributed by atoms with E-state index in [-0.39, 0.29) is 24.4 Å². The molecule has 3 N–H and O–H groups in total. The largest absolute Gasteiger partial charge is 0.409 e. The van der Waals surface area contributed by atoms with E-state index in [1.54, 1.807) is 4.90 Å². The zero-order valence-electron chi connectivity index (χ0n) is 11.0. The predicted molar refractivity (Wildman–Crippen MR) is 67.5 cm³/mol. The van der Waals surface area contributed by atoms with Crippen molar-refractivity contribution in [2.45, 2.75) is 19.4 Å². The first kappa shape index (κ1) is 14.7. The molecule has 0 radical (unpaired) electrons. The average Bonchev–Trinajstić information content (AvgIpc) is 2.40. The van der Waals surface area contributed by atoms with Gasteiger partial charge in [-0.2, -0.15) is 0 Å². The summed E-state index contributed by atoms with van der Waals surface area (Å²) in [5, 5.41) is 11.8. The first-order valence-electron chi connectivity index (χ1n) is 6.12. The lowest BCUT2D eigenvalue weighted by molar-refractivity contribution is -0.137. The quantitative estimate of drug-likeness (QED) is 0.294. The third-order valence-electron chi connectivity index (χ3n) is 3.22. The molecule has 1 aliphatic rings. The van der Waals surface area contributed by atoms with E-state index >= 15 is 0 Å². The molecule has 1 aliphatic heterocycles. The number of carbonyl (C=O) groups is 1. The van der Waals surface area contributed by atoms with Crippen LogP contribution in [0.3, 0.4) is 0 Å². The lowest BCUT2D eigenvalue weighted by atomic mass is 10.1. The van der Waals surface area contributed by atoms with E-state index in [0.29, 0.717) is 13.1 Å². The lowest BCUT2D eigenvalue weighted by Gasteiger charge is -2.38. The van der Waals surface area contributed by atoms with E-state index in [2.05, 4.69) is 10.1 Å². The molecular formula is C11H22N4O3. The van der Waals surface area contributed by atoms with Crippen molar-refractivity contribution in [2.75, 3.05) is 39.9 Å². The Morgan fingerprint density at radius 2 is 2.06 bits per heavy atom. The molecular weight excluding hydrogens is 236 g/mol. The maximum absolute atomic E-state index is 11.6. The number of hydrogen-bond donors (Lipinski definition) is 2. The van der Waals surface area contributed by atoms with Gasteiger partial charge in [0, 0.05) is 33.3 Å². The Kier molecular flexibility index (Phi) is 5.87. The number of methoxy groups -OCH3 is 1. The minimum atomic E-state index is -0.0605. The number of nitrogens with zero attached hydrogens (tertiary/aromatic N) is 3. The van der Waals surface area contributed by atoms with Crippen LogP contribution in [0.1, 0.15) is 13.3 Å². The minimum absolute atomic E-state index is 0.00833. The number of hydrogen-bond acceptors (Lipinski definition) is 5. The number of carbonyl (C=O) groups excluding carboxylic acids is 1. The molecule has 1 heterocycles. The Bertz CT molecular complexity index is 301. The average molecular weight is 258 g/mol. The molecule has 1 saturated heterocycles. The van der Waals surface area contributed by atoms with Gasteiger partial charge in [0.2, 0.25) is 5.91 Å². The third-order valence-corrected chi connectivity index (χ3v) is 3.22. The van der Waals surface area contributed by atoms with E-state index < -0.39 is 0 Å². The lowest BCUT2D eigenvalue weighted by Crippen LogP contribution is -2.55. The van der Waals surface area contributed by atoms with Crippen molar-refractivity contribution >= 4 is 11.7 Å². The van der Waals surface area contributed by atoms with Gasteiger partial charge in [-0.25, -0.2) is 0 Å². The van der Waals surface area contributed by atoms with Crippen molar-refractivity contribution in [2.24, 2.45) is 10.9 Å². The zero-order valence-corrected chi connectivity index (χ0v) is 11.0. The van der Waals surface area contributed by atoms with E-state index in [1.165, 1.54) is 7.11 Å². The van der Waals surface area contributed by atoms with Gasteiger partial charge in [-0.1, -0.05) is 12.1 Å². The summed E-state index contributed by atoms with van der Waals surface area (Å²) in [4.78, 5) is 15.5. The molecule has 0 aromatic heterocycles. The molecule has 1 fully saturated rings. The van der Waals surface area contributed by atoms with Gasteiger partial charge in [0.15, 0.2) is 5.84 Å². The zero-order chi connectivity index (χ0) is 13.5. The van der Waals surface area contributed by atoms with Crippen LogP contribution in [0.2, 0.25) is 0 Å². The highest BCUT2D eigenvalue weighted by Gasteiger charge is 2.27. The standard InChI is InChI=1S/C11H22N4O3/c1-3-9(11(12)13-17)14-4-6-15(7-5-14)10(16)8-18-2/h9,17H,3-8H2,1-2H3,(H2,12,13). The minimum Gasteiger partial charge on any atom is -0.409 e. The number of piperazine rings is 1. The van der Waals surface area contributed by atoms with Gasteiger partial charge < -0.3 is 20.6 Å². The summed E-state index contributed by atoms with van der Waals surface area (Å²) < 4.78 is 4.83. The van der Waals surface area contributed by atoms with Crippen molar-refractivity contribution in [1.82, 2.24) is 9.80 Å². The fraction of sp³-hybridized carbons (Fsp3) is 0.818. The number of ether oxygens (including phenoxy) is 1. The fourth-order valence-electron chi connectivity index (χ4n) is 2.22. The van der Waals surface area contributed by atoms with Crippen LogP contribution < -0.4 is 5.73 Å². The number of oxime groups is 1. The summed E-state index contributed by atoms with van der Waals surface area (Å²) in [7, 11) is 1.51. The van der Waals surface area contributed by atoms with E-state index in [1.807, 2.05) is 6.92 Å². The summed E-state index contributed by atoms with van der Waals surface area (Å²) in [6.07, 6.45) is 0.780. The molecule has 18 heavy (non-hydrogen) atoms. The fourth-order valence-corrected chi connectivity index (χ4v) is 2.22. The highest BCUT2D eigenvalue weighted by atomic mass is 16.5. The number of amides is 1. The predicted octanol–water partition coefficient (Wildman–Crippen LogP) is -0.698. The summed E-state index contributed by atoms with van der Waals surface area (Å²) in [5.41, 5.74) is 5.66. The summed E-state index contributed by atoms with van der Waals surface area (Å²) >= 11 is 0. The van der Waals surface area contributed by atoms with E-state index in [4.69, 9.17) is 15.7 Å². The third kappa shape index (κ3) is 3.58. The maximum Gasteiger partial charge on any atom is 0.248 e. The van der Waals surface area contributed by atoms with Crippen LogP contribution in [-0.2, 0) is 9.53 Å². The summed E-state index contributed by atoms with van der Waals surface area (Å²) in [6.45, 7) is 4.87. The van der Waals surface area contributed by atoms with Gasteiger partial charge in [0.1, 0.15) is 6.61 Å². The molecule has 1 rings (SSSR count). The molecule has 1 unspecified atom stereocenters. The first-order chi connectivity index (χ1) is 8.63. The second kappa shape index (κ2) is 7.17. The molecule has 0 aromatic carbocycles. The van der Waals surface area contributed by atoms with Crippen molar-refractivity contribution in [1.29, 1.82) is 0 Å². The Morgan fingerprint density at radius 1 is 1.44 bits per heavy atom. The highest BCUT2D eigenvalue weighted by Crippen LogP contribution is 2.10. The van der Waals surface area contributed by atoms with Crippen LogP contribution in [0.5, 0.6) is 0 Å². The number of rotatable bonds is 5. The molecule has 1 atom stereocenters. The molecule has 0 bridgehead atoms. The second-order valence-electron chi connectivity index (χ2n) is 4.30. The normalized spacial score (nSPS) is 19.9. The van der Waals surface area contributed by atoms with E-state index in [0.717, 1.165) is 19.5 Å². The molecule has 7 nitrogen and oxygen atoms in total. The van der Waals surface area contributed by atoms with Gasteiger partial charge >= 0.3 is 0 Å². The Balaban J connectivity index is 2.50. The van der Waals surface area contributed by atoms with E-state index in [9.17, 15) is 4.79 Å². The van der Waals surface area contributed by atoms with Gasteiger partial charge in [-0.15, -0.1) is 0 Å². The van der Waals surface area contributed by atoms with Crippen LogP contribution in [0.15, 0.2) is 5.16 Å². The van der Waals surface area contributed by atoms with Crippen LogP contribution in [-0.4, -0.2) is 72.7 Å². The van der Waals surface area contributed by atoms with Crippen molar-refractivity contribution in [3.05, 3.63) is 0 Å². The Hall–Kier alpha value is -1.34. The monoisotopic (exact) mass is 258 g/mol. The molecule has 0 saturated carbocycles. The molecule has 104 valence electrons. The van der Waals surface area contributed by atoms with Gasteiger partial charge in [-0.05, 0) is 6.42 Å². The molecule has 7 heteroatoms. The van der Waals surface area contributed by atoms with Crippen LogP contribution in [0.25, 0.3) is 0 Å². The maximum atomic E-state index is 11.6. The highest BCUT2D eigenvalue weighted by molar-refractivity contribution is 5.85. The molecule has 0 aromatic rings. The van der Waals surface area contributed by atoms with Crippen LogP contribution in [0, 0.1) is 0 Å². The second-order valence-corrected chi connectivity index (χ2v) is 4.30. The number of amidine groups is 1. The van der Waals surface area contributed by atoms with Gasteiger partial charge in [0.25, 0.3) is 0 Å². The Morgan fingerprint density at radius 3 is 2.50 bits per heavy atom. The summed E-state index contributed by atoms with van der Waals surface area (Å²) in [6, 6.07) is -0.0605. The molecule has 1 amide bonds. The van der Waals surface area contributed by atoms with Crippen molar-refractivity contribution < 1.29 is 14.7 Å². The molecule has 0 aliphatic carbocycles. The Labute approximate surface area is 107 Å². The number of nitrogens with two attached hydrogens (primary N) is 1. The van der Waals surface area contributed by atoms with Crippen LogP contribution in [0.4, 0.5) is 0 Å². The van der Waals surface area contributed by atoms with Crippen LogP contribution >= 0.6 is 0 Å². The summed E-state index contributed by atoms with van der Waals surface area (Å²) in [5.74, 6) is 0.239.